The van der Waals surface area contributed by atoms with E-state index in [1.807, 2.05) is 0 Å². The van der Waals surface area contributed by atoms with E-state index in [-0.39, 0.29) is 11.0 Å². The standard InChI is InChI=1S/C18H18FN3O3S/c1-25-11-10-20-16(23)12-4-8-15(9-5-12)21-18(26)22-17(24)13-2-6-14(19)7-3-13/h2-9H,10-11H2,1H3,(H,20,23)(H2,21,22,24,26). The van der Waals surface area contributed by atoms with Crippen molar-refractivity contribution < 1.29 is 18.7 Å². The highest BCUT2D eigenvalue weighted by atomic mass is 32.1. The molecule has 2 rings (SSSR count). The van der Waals surface area contributed by atoms with Crippen molar-refractivity contribution in [1.29, 1.82) is 0 Å². The van der Waals surface area contributed by atoms with Gasteiger partial charge in [-0.3, -0.25) is 14.9 Å². The van der Waals surface area contributed by atoms with Gasteiger partial charge in [0.1, 0.15) is 5.82 Å². The molecule has 136 valence electrons. The number of hydrogen-bond donors (Lipinski definition) is 3. The SMILES string of the molecule is COCCNC(=O)c1ccc(NC(=S)NC(=O)c2ccc(F)cc2)cc1. The van der Waals surface area contributed by atoms with Gasteiger partial charge in [0.05, 0.1) is 6.61 Å². The van der Waals surface area contributed by atoms with Crippen LogP contribution in [0.2, 0.25) is 0 Å². The van der Waals surface area contributed by atoms with Crippen LogP contribution in [0, 0.1) is 5.82 Å². The number of benzene rings is 2. The molecule has 0 aliphatic rings. The normalized spacial score (nSPS) is 10.1. The second kappa shape index (κ2) is 9.59. The first-order valence-corrected chi connectivity index (χ1v) is 8.15. The lowest BCUT2D eigenvalue weighted by atomic mass is 10.2. The van der Waals surface area contributed by atoms with E-state index in [0.29, 0.717) is 30.0 Å². The Kier molecular flexibility index (Phi) is 7.19. The largest absolute Gasteiger partial charge is 0.383 e. The first kappa shape index (κ1) is 19.5. The molecular weight excluding hydrogens is 357 g/mol. The van der Waals surface area contributed by atoms with Crippen molar-refractivity contribution >= 4 is 34.8 Å². The number of nitrogens with one attached hydrogen (secondary N) is 3. The molecule has 0 fully saturated rings. The lowest BCUT2D eigenvalue weighted by molar-refractivity contribution is 0.0935. The molecule has 0 heterocycles. The molecule has 6 nitrogen and oxygen atoms in total. The Morgan fingerprint density at radius 2 is 1.58 bits per heavy atom. The minimum absolute atomic E-state index is 0.0941. The van der Waals surface area contributed by atoms with Crippen LogP contribution in [0.1, 0.15) is 20.7 Å². The number of rotatable bonds is 6. The Hall–Kier alpha value is -2.84. The molecule has 0 unspecified atom stereocenters. The zero-order valence-corrected chi connectivity index (χ0v) is 14.9. The third kappa shape index (κ3) is 5.91. The second-order valence-electron chi connectivity index (χ2n) is 5.24. The molecule has 0 aliphatic heterocycles. The highest BCUT2D eigenvalue weighted by Gasteiger charge is 2.09. The minimum Gasteiger partial charge on any atom is -0.383 e. The highest BCUT2D eigenvalue weighted by molar-refractivity contribution is 7.80. The molecular formula is C18H18FN3O3S. The number of hydrogen-bond acceptors (Lipinski definition) is 4. The summed E-state index contributed by atoms with van der Waals surface area (Å²) >= 11 is 5.08. The Labute approximate surface area is 155 Å². The summed E-state index contributed by atoms with van der Waals surface area (Å²) < 4.78 is 17.7. The van der Waals surface area contributed by atoms with E-state index in [4.69, 9.17) is 17.0 Å². The summed E-state index contributed by atoms with van der Waals surface area (Å²) in [6.07, 6.45) is 0. The monoisotopic (exact) mass is 375 g/mol. The van der Waals surface area contributed by atoms with Crippen molar-refractivity contribution in [1.82, 2.24) is 10.6 Å². The van der Waals surface area contributed by atoms with Crippen molar-refractivity contribution in [2.24, 2.45) is 0 Å². The Morgan fingerprint density at radius 3 is 2.19 bits per heavy atom. The van der Waals surface area contributed by atoms with Crippen molar-refractivity contribution in [3.8, 4) is 0 Å². The van der Waals surface area contributed by atoms with Gasteiger partial charge in [0.15, 0.2) is 5.11 Å². The van der Waals surface area contributed by atoms with Crippen LogP contribution in [-0.4, -0.2) is 37.2 Å². The van der Waals surface area contributed by atoms with E-state index in [2.05, 4.69) is 16.0 Å². The first-order valence-electron chi connectivity index (χ1n) is 7.74. The summed E-state index contributed by atoms with van der Waals surface area (Å²) in [7, 11) is 1.56. The van der Waals surface area contributed by atoms with Crippen LogP contribution in [0.15, 0.2) is 48.5 Å². The van der Waals surface area contributed by atoms with Crippen molar-refractivity contribution in [3.05, 3.63) is 65.5 Å². The predicted molar refractivity (Wildman–Crippen MR) is 101 cm³/mol. The molecule has 0 atom stereocenters. The van der Waals surface area contributed by atoms with Gasteiger partial charge < -0.3 is 15.4 Å². The van der Waals surface area contributed by atoms with Crippen LogP contribution in [0.25, 0.3) is 0 Å². The van der Waals surface area contributed by atoms with Crippen molar-refractivity contribution in [3.63, 3.8) is 0 Å². The number of thiocarbonyl (C=S) groups is 1. The molecule has 8 heteroatoms. The Balaban J connectivity index is 1.87. The lowest BCUT2D eigenvalue weighted by Gasteiger charge is -2.10. The van der Waals surface area contributed by atoms with Gasteiger partial charge in [0, 0.05) is 30.5 Å². The number of carbonyl (C=O) groups excluding carboxylic acids is 2. The van der Waals surface area contributed by atoms with E-state index in [1.54, 1.807) is 31.4 Å². The number of methoxy groups -OCH3 is 1. The van der Waals surface area contributed by atoms with Gasteiger partial charge in [-0.05, 0) is 60.7 Å². The Bertz CT molecular complexity index is 779. The lowest BCUT2D eigenvalue weighted by Crippen LogP contribution is -2.34. The second-order valence-corrected chi connectivity index (χ2v) is 5.65. The smallest absolute Gasteiger partial charge is 0.257 e. The average molecular weight is 375 g/mol. The van der Waals surface area contributed by atoms with E-state index in [0.717, 1.165) is 0 Å². The van der Waals surface area contributed by atoms with Gasteiger partial charge in [-0.15, -0.1) is 0 Å². The maximum atomic E-state index is 12.9. The van der Waals surface area contributed by atoms with Crippen molar-refractivity contribution in [2.75, 3.05) is 25.6 Å². The fraction of sp³-hybridized carbons (Fsp3) is 0.167. The number of ether oxygens (including phenoxy) is 1. The molecule has 0 aromatic heterocycles. The number of halogens is 1. The fourth-order valence-electron chi connectivity index (χ4n) is 2.01. The zero-order chi connectivity index (χ0) is 18.9. The van der Waals surface area contributed by atoms with Gasteiger partial charge in [-0.1, -0.05) is 0 Å². The van der Waals surface area contributed by atoms with Gasteiger partial charge in [-0.2, -0.15) is 0 Å². The zero-order valence-electron chi connectivity index (χ0n) is 14.0. The highest BCUT2D eigenvalue weighted by Crippen LogP contribution is 2.10. The summed E-state index contributed by atoms with van der Waals surface area (Å²) in [6.45, 7) is 0.863. The van der Waals surface area contributed by atoms with E-state index in [9.17, 15) is 14.0 Å². The molecule has 0 aliphatic carbocycles. The van der Waals surface area contributed by atoms with E-state index >= 15 is 0 Å². The summed E-state index contributed by atoms with van der Waals surface area (Å²) in [4.78, 5) is 23.9. The van der Waals surface area contributed by atoms with Crippen LogP contribution >= 0.6 is 12.2 Å². The summed E-state index contributed by atoms with van der Waals surface area (Å²) in [6, 6.07) is 11.7. The summed E-state index contributed by atoms with van der Waals surface area (Å²) in [5.41, 5.74) is 1.40. The van der Waals surface area contributed by atoms with Gasteiger partial charge in [0.25, 0.3) is 11.8 Å². The molecule has 2 amide bonds. The van der Waals surface area contributed by atoms with Gasteiger partial charge >= 0.3 is 0 Å². The maximum absolute atomic E-state index is 12.9. The van der Waals surface area contributed by atoms with Crippen molar-refractivity contribution in [2.45, 2.75) is 0 Å². The van der Waals surface area contributed by atoms with Crippen LogP contribution in [0.5, 0.6) is 0 Å². The number of carbonyl (C=O) groups is 2. The number of amides is 2. The van der Waals surface area contributed by atoms with Gasteiger partial charge in [0.2, 0.25) is 0 Å². The summed E-state index contributed by atoms with van der Waals surface area (Å²) in [5.74, 6) is -1.08. The maximum Gasteiger partial charge on any atom is 0.257 e. The third-order valence-electron chi connectivity index (χ3n) is 3.33. The van der Waals surface area contributed by atoms with Crippen LogP contribution in [-0.2, 0) is 4.74 Å². The number of anilines is 1. The predicted octanol–water partition coefficient (Wildman–Crippen LogP) is 2.33. The van der Waals surface area contributed by atoms with Gasteiger partial charge in [-0.25, -0.2) is 4.39 Å². The fourth-order valence-corrected chi connectivity index (χ4v) is 2.22. The molecule has 26 heavy (non-hydrogen) atoms. The summed E-state index contributed by atoms with van der Waals surface area (Å²) in [5, 5.41) is 8.16. The third-order valence-corrected chi connectivity index (χ3v) is 3.53. The minimum atomic E-state index is -0.448. The van der Waals surface area contributed by atoms with Crippen LogP contribution in [0.4, 0.5) is 10.1 Å². The molecule has 3 N–H and O–H groups in total. The molecule has 2 aromatic rings. The molecule has 0 saturated heterocycles. The first-order chi connectivity index (χ1) is 12.5. The van der Waals surface area contributed by atoms with Crippen LogP contribution in [0.3, 0.4) is 0 Å². The average Bonchev–Trinajstić information content (AvgIpc) is 2.62. The molecule has 0 spiro atoms. The van der Waals surface area contributed by atoms with E-state index < -0.39 is 11.7 Å². The van der Waals surface area contributed by atoms with Crippen LogP contribution < -0.4 is 16.0 Å². The molecule has 0 saturated carbocycles. The quantitative estimate of drug-likeness (QED) is 0.533. The molecule has 0 bridgehead atoms. The molecule has 2 aromatic carbocycles. The topological polar surface area (TPSA) is 79.5 Å². The molecule has 0 radical (unpaired) electrons. The van der Waals surface area contributed by atoms with E-state index in [1.165, 1.54) is 24.3 Å². The Morgan fingerprint density at radius 1 is 1.00 bits per heavy atom.